The fourth-order valence-corrected chi connectivity index (χ4v) is 3.11. The molecule has 1 heterocycles. The molecule has 2 rings (SSSR count). The van der Waals surface area contributed by atoms with Crippen molar-refractivity contribution in [2.24, 2.45) is 12.0 Å². The quantitative estimate of drug-likeness (QED) is 0.351. The number of nitrogens with one attached hydrogen (secondary N) is 2. The van der Waals surface area contributed by atoms with E-state index in [0.717, 1.165) is 37.6 Å². The summed E-state index contributed by atoms with van der Waals surface area (Å²) in [5, 5.41) is 11.1. The van der Waals surface area contributed by atoms with Crippen LogP contribution in [0.3, 0.4) is 0 Å². The van der Waals surface area contributed by atoms with Crippen LogP contribution >= 0.6 is 24.0 Å². The number of nitrogens with zero attached hydrogens (tertiary/aromatic N) is 3. The minimum Gasteiger partial charge on any atom is -0.357 e. The van der Waals surface area contributed by atoms with Crippen molar-refractivity contribution in [1.82, 2.24) is 20.4 Å². The van der Waals surface area contributed by atoms with Crippen LogP contribution in [0.5, 0.6) is 0 Å². The summed E-state index contributed by atoms with van der Waals surface area (Å²) in [4.78, 5) is 4.72. The Labute approximate surface area is 174 Å². The van der Waals surface area contributed by atoms with Crippen molar-refractivity contribution in [1.29, 1.82) is 0 Å². The van der Waals surface area contributed by atoms with Crippen molar-refractivity contribution in [2.75, 3.05) is 13.1 Å². The van der Waals surface area contributed by atoms with E-state index in [-0.39, 0.29) is 29.4 Å². The summed E-state index contributed by atoms with van der Waals surface area (Å²) >= 11 is 0. The Bertz CT molecular complexity index is 662. The molecule has 5 nitrogen and oxygen atoms in total. The van der Waals surface area contributed by atoms with Gasteiger partial charge in [-0.1, -0.05) is 44.2 Å². The number of halogens is 1. The Morgan fingerprint density at radius 1 is 1.08 bits per heavy atom. The second-order valence-electron chi connectivity index (χ2n) is 6.35. The Morgan fingerprint density at radius 2 is 1.77 bits per heavy atom. The fourth-order valence-electron chi connectivity index (χ4n) is 3.11. The molecule has 0 radical (unpaired) electrons. The van der Waals surface area contributed by atoms with Crippen molar-refractivity contribution in [3.05, 3.63) is 53.9 Å². The zero-order valence-electron chi connectivity index (χ0n) is 16.3. The second-order valence-corrected chi connectivity index (χ2v) is 6.35. The number of benzene rings is 1. The highest BCUT2D eigenvalue weighted by Crippen LogP contribution is 2.30. The molecule has 0 aliphatic carbocycles. The lowest BCUT2D eigenvalue weighted by molar-refractivity contribution is 0.389. The summed E-state index contributed by atoms with van der Waals surface area (Å²) in [5.74, 6) is 0.853. The van der Waals surface area contributed by atoms with E-state index >= 15 is 0 Å². The minimum atomic E-state index is 0. The summed E-state index contributed by atoms with van der Waals surface area (Å²) in [6.45, 7) is 8.93. The van der Waals surface area contributed by atoms with E-state index in [9.17, 15) is 0 Å². The first-order valence-corrected chi connectivity index (χ1v) is 9.19. The van der Waals surface area contributed by atoms with Crippen LogP contribution in [0.15, 0.2) is 47.6 Å². The first-order valence-electron chi connectivity index (χ1n) is 9.19. The normalized spacial score (nSPS) is 11.8. The van der Waals surface area contributed by atoms with Gasteiger partial charge < -0.3 is 10.6 Å². The zero-order valence-corrected chi connectivity index (χ0v) is 18.7. The largest absolute Gasteiger partial charge is 0.357 e. The molecule has 0 spiro atoms. The van der Waals surface area contributed by atoms with Crippen LogP contribution in [-0.4, -0.2) is 28.8 Å². The maximum Gasteiger partial charge on any atom is 0.191 e. The van der Waals surface area contributed by atoms with Crippen LogP contribution in [0, 0.1) is 0 Å². The van der Waals surface area contributed by atoms with Gasteiger partial charge in [0.1, 0.15) is 0 Å². The predicted octanol–water partition coefficient (Wildman–Crippen LogP) is 3.85. The van der Waals surface area contributed by atoms with Gasteiger partial charge in [0.2, 0.25) is 0 Å². The molecule has 2 N–H and O–H groups in total. The van der Waals surface area contributed by atoms with Gasteiger partial charge in [0.25, 0.3) is 0 Å². The molecule has 1 aromatic carbocycles. The van der Waals surface area contributed by atoms with Gasteiger partial charge in [0, 0.05) is 31.7 Å². The van der Waals surface area contributed by atoms with E-state index in [1.54, 1.807) is 6.20 Å². The van der Waals surface area contributed by atoms with E-state index in [1.165, 1.54) is 5.56 Å². The maximum absolute atomic E-state index is 4.72. The molecule has 0 fully saturated rings. The molecule has 1 aromatic heterocycles. The summed E-state index contributed by atoms with van der Waals surface area (Å²) in [7, 11) is 1.94. The van der Waals surface area contributed by atoms with Crippen molar-refractivity contribution in [3.63, 3.8) is 0 Å². The lowest BCUT2D eigenvalue weighted by Gasteiger charge is -2.33. The topological polar surface area (TPSA) is 54.2 Å². The second kappa shape index (κ2) is 11.2. The highest BCUT2D eigenvalue weighted by Gasteiger charge is 2.28. The molecule has 0 amide bonds. The van der Waals surface area contributed by atoms with Crippen LogP contribution in [0.4, 0.5) is 0 Å². The molecule has 0 unspecified atom stereocenters. The lowest BCUT2D eigenvalue weighted by Crippen LogP contribution is -2.45. The molecule has 0 bridgehead atoms. The number of hydrogen-bond donors (Lipinski definition) is 2. The molecule has 0 saturated carbocycles. The van der Waals surface area contributed by atoms with E-state index in [4.69, 9.17) is 4.99 Å². The van der Waals surface area contributed by atoms with Crippen molar-refractivity contribution in [3.8, 4) is 0 Å². The Balaban J connectivity index is 0.00000338. The van der Waals surface area contributed by atoms with Crippen LogP contribution in [0.2, 0.25) is 0 Å². The van der Waals surface area contributed by atoms with E-state index < -0.39 is 0 Å². The van der Waals surface area contributed by atoms with Crippen molar-refractivity contribution < 1.29 is 0 Å². The summed E-state index contributed by atoms with van der Waals surface area (Å²) in [5.41, 5.74) is 2.59. The third-order valence-electron chi connectivity index (χ3n) is 5.00. The molecule has 144 valence electrons. The van der Waals surface area contributed by atoms with E-state index in [2.05, 4.69) is 66.8 Å². The minimum absolute atomic E-state index is 0. The Hall–Kier alpha value is -1.57. The van der Waals surface area contributed by atoms with Crippen molar-refractivity contribution in [2.45, 2.75) is 45.6 Å². The number of aryl methyl sites for hydroxylation is 1. The first-order chi connectivity index (χ1) is 12.1. The van der Waals surface area contributed by atoms with E-state index in [0.29, 0.717) is 6.54 Å². The van der Waals surface area contributed by atoms with E-state index in [1.807, 2.05) is 17.8 Å². The fraction of sp³-hybridized carbons (Fsp3) is 0.500. The van der Waals surface area contributed by atoms with Gasteiger partial charge in [-0.2, -0.15) is 5.10 Å². The summed E-state index contributed by atoms with van der Waals surface area (Å²) in [6, 6.07) is 12.8. The molecule has 0 aliphatic heterocycles. The molecule has 26 heavy (non-hydrogen) atoms. The number of aliphatic imine (C=N–C) groups is 1. The van der Waals surface area contributed by atoms with Gasteiger partial charge >= 0.3 is 0 Å². The maximum atomic E-state index is 4.72. The van der Waals surface area contributed by atoms with Gasteiger partial charge in [-0.25, -0.2) is 4.99 Å². The van der Waals surface area contributed by atoms with Crippen LogP contribution in [0.25, 0.3) is 0 Å². The van der Waals surface area contributed by atoms with Gasteiger partial charge in [-0.15, -0.1) is 24.0 Å². The number of aromatic nitrogens is 2. The predicted molar refractivity (Wildman–Crippen MR) is 120 cm³/mol. The first kappa shape index (κ1) is 22.5. The van der Waals surface area contributed by atoms with Crippen LogP contribution < -0.4 is 10.6 Å². The zero-order chi connectivity index (χ0) is 18.1. The summed E-state index contributed by atoms with van der Waals surface area (Å²) in [6.07, 6.45) is 3.98. The number of rotatable bonds is 8. The van der Waals surface area contributed by atoms with Crippen LogP contribution in [-0.2, 0) is 19.0 Å². The highest BCUT2D eigenvalue weighted by molar-refractivity contribution is 14.0. The Morgan fingerprint density at radius 3 is 2.31 bits per heavy atom. The molecule has 0 saturated heterocycles. The average Bonchev–Trinajstić information content (AvgIpc) is 3.06. The molecule has 6 heteroatoms. The monoisotopic (exact) mass is 469 g/mol. The molecular formula is C20H32IN5. The Kier molecular flexibility index (Phi) is 9.69. The third kappa shape index (κ3) is 5.72. The summed E-state index contributed by atoms with van der Waals surface area (Å²) < 4.78 is 1.86. The van der Waals surface area contributed by atoms with Gasteiger partial charge in [-0.3, -0.25) is 4.68 Å². The molecule has 0 aliphatic rings. The van der Waals surface area contributed by atoms with Gasteiger partial charge in [0.15, 0.2) is 5.96 Å². The van der Waals surface area contributed by atoms with Gasteiger partial charge in [-0.05, 0) is 31.4 Å². The molecule has 0 atom stereocenters. The number of guanidine groups is 1. The molecule has 2 aromatic rings. The van der Waals surface area contributed by atoms with Gasteiger partial charge in [0.05, 0.1) is 12.2 Å². The third-order valence-corrected chi connectivity index (χ3v) is 5.00. The highest BCUT2D eigenvalue weighted by atomic mass is 127. The standard InChI is InChI=1S/C20H31N5.HI/c1-5-20(6-2,17-11-9-8-10-12-17)16-23-19(21-7-3)22-15-18-13-14-24-25(18)4;/h8-14H,5-7,15-16H2,1-4H3,(H2,21,22,23);1H. The SMILES string of the molecule is CCNC(=NCc1ccnn1C)NCC(CC)(CC)c1ccccc1.I. The van der Waals surface area contributed by atoms with Crippen LogP contribution in [0.1, 0.15) is 44.9 Å². The smallest absolute Gasteiger partial charge is 0.191 e. The number of hydrogen-bond acceptors (Lipinski definition) is 2. The lowest BCUT2D eigenvalue weighted by atomic mass is 9.76. The average molecular weight is 469 g/mol. The van der Waals surface area contributed by atoms with Crippen molar-refractivity contribution >= 4 is 29.9 Å². The molecular weight excluding hydrogens is 437 g/mol.